The summed E-state index contributed by atoms with van der Waals surface area (Å²) in [5, 5.41) is 17.3. The number of nitrogens with one attached hydrogen (secondary N) is 2. The molecule has 20 heavy (non-hydrogen) atoms. The first-order valence-electron chi connectivity index (χ1n) is 7.99. The minimum atomic E-state index is -0.559. The maximum absolute atomic E-state index is 10.5. The molecule has 2 saturated carbocycles. The summed E-state index contributed by atoms with van der Waals surface area (Å²) in [5.74, 6) is 0.883. The van der Waals surface area contributed by atoms with E-state index in [1.807, 2.05) is 0 Å². The molecule has 0 atom stereocenters. The van der Waals surface area contributed by atoms with E-state index in [9.17, 15) is 5.11 Å². The van der Waals surface area contributed by atoms with Crippen LogP contribution in [0.5, 0.6) is 0 Å². The Morgan fingerprint density at radius 1 is 1.15 bits per heavy atom. The van der Waals surface area contributed by atoms with Gasteiger partial charge in [-0.15, -0.1) is 24.0 Å². The lowest BCUT2D eigenvalue weighted by atomic mass is 9.85. The molecule has 0 aromatic rings. The normalized spacial score (nSPS) is 23.2. The fourth-order valence-electron chi connectivity index (χ4n) is 3.18. The van der Waals surface area contributed by atoms with Gasteiger partial charge < -0.3 is 15.7 Å². The van der Waals surface area contributed by atoms with Gasteiger partial charge in [-0.25, -0.2) is 0 Å². The van der Waals surface area contributed by atoms with Crippen molar-refractivity contribution < 1.29 is 5.11 Å². The summed E-state index contributed by atoms with van der Waals surface area (Å²) in [6.07, 6.45) is 10.5. The molecule has 2 aliphatic carbocycles. The third kappa shape index (κ3) is 5.76. The maximum Gasteiger partial charge on any atom is 0.191 e. The second-order valence-corrected chi connectivity index (χ2v) is 6.11. The number of aliphatic hydroxyl groups is 1. The van der Waals surface area contributed by atoms with E-state index >= 15 is 0 Å². The van der Waals surface area contributed by atoms with Gasteiger partial charge in [0.25, 0.3) is 0 Å². The van der Waals surface area contributed by atoms with E-state index < -0.39 is 5.60 Å². The summed E-state index contributed by atoms with van der Waals surface area (Å²) in [7, 11) is 0. The lowest BCUT2D eigenvalue weighted by Crippen LogP contribution is -2.44. The molecule has 2 aliphatic rings. The van der Waals surface area contributed by atoms with Crippen molar-refractivity contribution in [1.82, 2.24) is 10.6 Å². The molecule has 4 nitrogen and oxygen atoms in total. The zero-order valence-corrected chi connectivity index (χ0v) is 15.0. The first-order valence-corrected chi connectivity index (χ1v) is 7.99. The van der Waals surface area contributed by atoms with E-state index in [0.717, 1.165) is 38.2 Å². The van der Waals surface area contributed by atoms with Crippen molar-refractivity contribution in [3.8, 4) is 0 Å². The minimum absolute atomic E-state index is 0. The Labute approximate surface area is 140 Å². The third-order valence-electron chi connectivity index (χ3n) is 4.36. The summed E-state index contributed by atoms with van der Waals surface area (Å²) in [6, 6.07) is 0.568. The summed E-state index contributed by atoms with van der Waals surface area (Å²) in [5.41, 5.74) is -0.559. The van der Waals surface area contributed by atoms with E-state index in [2.05, 4.69) is 22.5 Å². The topological polar surface area (TPSA) is 56.7 Å². The van der Waals surface area contributed by atoms with Gasteiger partial charge in [0.2, 0.25) is 0 Å². The lowest BCUT2D eigenvalue weighted by molar-refractivity contribution is 0.0131. The molecule has 0 spiro atoms. The SMILES string of the molecule is CCNC(=NCC1(O)CCCCC1)NC1CCCC1.I. The van der Waals surface area contributed by atoms with Gasteiger partial charge in [0, 0.05) is 12.6 Å². The number of guanidine groups is 1. The second-order valence-electron chi connectivity index (χ2n) is 6.11. The van der Waals surface area contributed by atoms with E-state index in [0.29, 0.717) is 12.6 Å². The van der Waals surface area contributed by atoms with Gasteiger partial charge in [-0.05, 0) is 32.6 Å². The number of halogens is 1. The van der Waals surface area contributed by atoms with Gasteiger partial charge in [0.15, 0.2) is 5.96 Å². The number of hydrogen-bond donors (Lipinski definition) is 3. The van der Waals surface area contributed by atoms with Gasteiger partial charge in [-0.2, -0.15) is 0 Å². The fraction of sp³-hybridized carbons (Fsp3) is 0.933. The van der Waals surface area contributed by atoms with Gasteiger partial charge in [-0.1, -0.05) is 32.1 Å². The van der Waals surface area contributed by atoms with Crippen molar-refractivity contribution in [2.45, 2.75) is 76.4 Å². The molecule has 0 heterocycles. The number of hydrogen-bond acceptors (Lipinski definition) is 2. The van der Waals surface area contributed by atoms with E-state index in [1.54, 1.807) is 0 Å². The standard InChI is InChI=1S/C15H29N3O.HI/c1-2-16-14(18-13-8-4-5-9-13)17-12-15(19)10-6-3-7-11-15;/h13,19H,2-12H2,1H3,(H2,16,17,18);1H. The fourth-order valence-corrected chi connectivity index (χ4v) is 3.18. The van der Waals surface area contributed by atoms with Crippen molar-refractivity contribution in [1.29, 1.82) is 0 Å². The summed E-state index contributed by atoms with van der Waals surface area (Å²) >= 11 is 0. The Morgan fingerprint density at radius 2 is 1.80 bits per heavy atom. The smallest absolute Gasteiger partial charge is 0.191 e. The summed E-state index contributed by atoms with van der Waals surface area (Å²) < 4.78 is 0. The van der Waals surface area contributed by atoms with Crippen LogP contribution in [0.4, 0.5) is 0 Å². The average molecular weight is 395 g/mol. The zero-order valence-electron chi connectivity index (χ0n) is 12.7. The highest BCUT2D eigenvalue weighted by molar-refractivity contribution is 14.0. The molecule has 3 N–H and O–H groups in total. The Kier molecular flexibility index (Phi) is 8.17. The first-order chi connectivity index (χ1) is 9.22. The molecule has 0 aliphatic heterocycles. The highest BCUT2D eigenvalue weighted by Crippen LogP contribution is 2.28. The summed E-state index contributed by atoms with van der Waals surface area (Å²) in [6.45, 7) is 3.49. The van der Waals surface area contributed by atoms with Crippen LogP contribution in [0.25, 0.3) is 0 Å². The molecular formula is C15H30IN3O. The first kappa shape index (κ1) is 18.0. The zero-order chi connectivity index (χ0) is 13.6. The largest absolute Gasteiger partial charge is 0.388 e. The van der Waals surface area contributed by atoms with E-state index in [-0.39, 0.29) is 24.0 Å². The maximum atomic E-state index is 10.5. The van der Waals surface area contributed by atoms with Crippen LogP contribution in [0.1, 0.15) is 64.7 Å². The molecule has 0 saturated heterocycles. The molecule has 2 fully saturated rings. The molecule has 5 heteroatoms. The Bertz CT molecular complexity index is 297. The van der Waals surface area contributed by atoms with Crippen LogP contribution in [-0.4, -0.2) is 35.8 Å². The number of rotatable bonds is 4. The number of nitrogens with zero attached hydrogens (tertiary/aromatic N) is 1. The van der Waals surface area contributed by atoms with Crippen LogP contribution in [-0.2, 0) is 0 Å². The molecular weight excluding hydrogens is 365 g/mol. The third-order valence-corrected chi connectivity index (χ3v) is 4.36. The molecule has 0 aromatic carbocycles. The van der Waals surface area contributed by atoms with Crippen molar-refractivity contribution in [2.24, 2.45) is 4.99 Å². The van der Waals surface area contributed by atoms with Crippen molar-refractivity contribution >= 4 is 29.9 Å². The van der Waals surface area contributed by atoms with Crippen LogP contribution < -0.4 is 10.6 Å². The molecule has 0 radical (unpaired) electrons. The predicted molar refractivity (Wildman–Crippen MR) is 94.8 cm³/mol. The number of aliphatic imine (C=N–C) groups is 1. The minimum Gasteiger partial charge on any atom is -0.388 e. The Morgan fingerprint density at radius 3 is 2.40 bits per heavy atom. The molecule has 118 valence electrons. The van der Waals surface area contributed by atoms with Crippen molar-refractivity contribution in [3.05, 3.63) is 0 Å². The predicted octanol–water partition coefficient (Wildman–Crippen LogP) is 2.80. The molecule has 0 aromatic heterocycles. The van der Waals surface area contributed by atoms with E-state index in [4.69, 9.17) is 0 Å². The molecule has 0 amide bonds. The van der Waals surface area contributed by atoms with Gasteiger partial charge in [-0.3, -0.25) is 4.99 Å². The van der Waals surface area contributed by atoms with Crippen LogP contribution in [0, 0.1) is 0 Å². The average Bonchev–Trinajstić information content (AvgIpc) is 2.90. The molecule has 2 rings (SSSR count). The second kappa shape index (κ2) is 9.07. The highest BCUT2D eigenvalue weighted by Gasteiger charge is 2.29. The quantitative estimate of drug-likeness (QED) is 0.390. The van der Waals surface area contributed by atoms with Crippen LogP contribution in [0.2, 0.25) is 0 Å². The Balaban J connectivity index is 0.00000200. The monoisotopic (exact) mass is 395 g/mol. The van der Waals surface area contributed by atoms with Gasteiger partial charge in [0.05, 0.1) is 12.1 Å². The lowest BCUT2D eigenvalue weighted by Gasteiger charge is -2.30. The van der Waals surface area contributed by atoms with E-state index in [1.165, 1.54) is 32.1 Å². The van der Waals surface area contributed by atoms with Gasteiger partial charge in [0.1, 0.15) is 0 Å². The molecule has 0 unspecified atom stereocenters. The van der Waals surface area contributed by atoms with Crippen LogP contribution in [0.3, 0.4) is 0 Å². The highest BCUT2D eigenvalue weighted by atomic mass is 127. The van der Waals surface area contributed by atoms with Crippen molar-refractivity contribution in [2.75, 3.05) is 13.1 Å². The van der Waals surface area contributed by atoms with Gasteiger partial charge >= 0.3 is 0 Å². The van der Waals surface area contributed by atoms with Crippen LogP contribution >= 0.6 is 24.0 Å². The van der Waals surface area contributed by atoms with Crippen molar-refractivity contribution in [3.63, 3.8) is 0 Å². The van der Waals surface area contributed by atoms with Crippen LogP contribution in [0.15, 0.2) is 4.99 Å². The Hall–Kier alpha value is -0.0400. The molecule has 0 bridgehead atoms. The summed E-state index contributed by atoms with van der Waals surface area (Å²) in [4.78, 5) is 4.62.